The third-order valence-electron chi connectivity index (χ3n) is 7.30. The van der Waals surface area contributed by atoms with Crippen LogP contribution in [0.4, 0.5) is 0 Å². The van der Waals surface area contributed by atoms with Crippen molar-refractivity contribution in [1.29, 1.82) is 0 Å². The SMILES string of the molecule is CC(C)C1CCN(CC2CCC3(CC2)CCN(C)CC3)CC1. The van der Waals surface area contributed by atoms with E-state index in [1.807, 2.05) is 0 Å². The lowest BCUT2D eigenvalue weighted by Gasteiger charge is -2.46. The van der Waals surface area contributed by atoms with E-state index < -0.39 is 0 Å². The minimum atomic E-state index is 0.744. The van der Waals surface area contributed by atoms with Crippen molar-refractivity contribution in [3.05, 3.63) is 0 Å². The molecule has 0 aromatic carbocycles. The molecule has 2 aliphatic heterocycles. The second-order valence-electron chi connectivity index (χ2n) is 9.13. The van der Waals surface area contributed by atoms with Gasteiger partial charge >= 0.3 is 0 Å². The Bertz CT molecular complexity index is 326. The number of hydrogen-bond donors (Lipinski definition) is 0. The van der Waals surface area contributed by atoms with E-state index in [9.17, 15) is 0 Å². The van der Waals surface area contributed by atoms with Gasteiger partial charge in [0.05, 0.1) is 0 Å². The van der Waals surface area contributed by atoms with E-state index in [4.69, 9.17) is 0 Å². The van der Waals surface area contributed by atoms with Crippen molar-refractivity contribution in [1.82, 2.24) is 9.80 Å². The molecule has 0 N–H and O–H groups in total. The van der Waals surface area contributed by atoms with Crippen molar-refractivity contribution in [2.45, 2.75) is 65.2 Å². The molecule has 128 valence electrons. The third kappa shape index (κ3) is 4.06. The topological polar surface area (TPSA) is 6.48 Å². The van der Waals surface area contributed by atoms with Crippen LogP contribution in [0.5, 0.6) is 0 Å². The highest BCUT2D eigenvalue weighted by Gasteiger charge is 2.37. The van der Waals surface area contributed by atoms with Crippen molar-refractivity contribution in [3.8, 4) is 0 Å². The van der Waals surface area contributed by atoms with Crippen LogP contribution in [0.3, 0.4) is 0 Å². The van der Waals surface area contributed by atoms with Gasteiger partial charge in [0.25, 0.3) is 0 Å². The number of rotatable bonds is 3. The van der Waals surface area contributed by atoms with Crippen molar-refractivity contribution in [2.24, 2.45) is 23.2 Å². The fourth-order valence-electron chi connectivity index (χ4n) is 5.23. The van der Waals surface area contributed by atoms with Crippen LogP contribution in [0.15, 0.2) is 0 Å². The summed E-state index contributed by atoms with van der Waals surface area (Å²) in [7, 11) is 2.29. The number of likely N-dealkylation sites (tertiary alicyclic amines) is 2. The van der Waals surface area contributed by atoms with Crippen LogP contribution in [0.25, 0.3) is 0 Å². The van der Waals surface area contributed by atoms with E-state index >= 15 is 0 Å². The maximum absolute atomic E-state index is 2.79. The number of piperidine rings is 2. The molecular weight excluding hydrogens is 268 g/mol. The van der Waals surface area contributed by atoms with Gasteiger partial charge in [-0.3, -0.25) is 0 Å². The molecule has 3 aliphatic rings. The molecule has 0 bridgehead atoms. The Morgan fingerprint density at radius 1 is 0.864 bits per heavy atom. The second kappa shape index (κ2) is 7.21. The molecule has 3 rings (SSSR count). The summed E-state index contributed by atoms with van der Waals surface area (Å²) in [5.41, 5.74) is 0.744. The van der Waals surface area contributed by atoms with Crippen LogP contribution in [-0.2, 0) is 0 Å². The van der Waals surface area contributed by atoms with Gasteiger partial charge in [0.1, 0.15) is 0 Å². The highest BCUT2D eigenvalue weighted by atomic mass is 15.1. The molecule has 1 aliphatic carbocycles. The van der Waals surface area contributed by atoms with E-state index in [0.717, 1.165) is 23.2 Å². The predicted octanol–water partition coefficient (Wildman–Crippen LogP) is 4.26. The molecule has 22 heavy (non-hydrogen) atoms. The summed E-state index contributed by atoms with van der Waals surface area (Å²) in [5, 5.41) is 0. The molecule has 1 spiro atoms. The van der Waals surface area contributed by atoms with Crippen LogP contribution >= 0.6 is 0 Å². The standard InChI is InChI=1S/C20H38N2/c1-17(2)19-6-12-22(13-7-19)16-18-4-8-20(9-5-18)10-14-21(3)15-11-20/h17-19H,4-16H2,1-3H3. The van der Waals surface area contributed by atoms with Gasteiger partial charge in [-0.2, -0.15) is 0 Å². The first kappa shape index (κ1) is 16.8. The maximum atomic E-state index is 2.79. The molecule has 0 aromatic rings. The molecule has 0 aromatic heterocycles. The molecule has 0 atom stereocenters. The molecule has 2 heterocycles. The van der Waals surface area contributed by atoms with Crippen molar-refractivity contribution < 1.29 is 0 Å². The molecule has 2 nitrogen and oxygen atoms in total. The van der Waals surface area contributed by atoms with E-state index in [0.29, 0.717) is 0 Å². The Hall–Kier alpha value is -0.0800. The van der Waals surface area contributed by atoms with Gasteiger partial charge in [-0.25, -0.2) is 0 Å². The van der Waals surface area contributed by atoms with Crippen molar-refractivity contribution >= 4 is 0 Å². The smallest absolute Gasteiger partial charge is 0.000967 e. The lowest BCUT2D eigenvalue weighted by Crippen LogP contribution is -2.43. The van der Waals surface area contributed by atoms with Crippen LogP contribution in [0.1, 0.15) is 65.2 Å². The largest absolute Gasteiger partial charge is 0.306 e. The molecule has 2 saturated heterocycles. The third-order valence-corrected chi connectivity index (χ3v) is 7.30. The Balaban J connectivity index is 1.39. The molecule has 3 fully saturated rings. The van der Waals surface area contributed by atoms with Gasteiger partial charge in [0.2, 0.25) is 0 Å². The van der Waals surface area contributed by atoms with Gasteiger partial charge in [0.15, 0.2) is 0 Å². The van der Waals surface area contributed by atoms with Crippen LogP contribution < -0.4 is 0 Å². The number of hydrogen-bond acceptors (Lipinski definition) is 2. The lowest BCUT2D eigenvalue weighted by molar-refractivity contribution is 0.0476. The quantitative estimate of drug-likeness (QED) is 0.769. The first-order valence-electron chi connectivity index (χ1n) is 9.97. The summed E-state index contributed by atoms with van der Waals surface area (Å²) in [6.07, 6.45) is 11.9. The second-order valence-corrected chi connectivity index (χ2v) is 9.13. The normalized spacial score (nSPS) is 29.5. The minimum absolute atomic E-state index is 0.744. The highest BCUT2D eigenvalue weighted by molar-refractivity contribution is 4.90. The van der Waals surface area contributed by atoms with E-state index in [-0.39, 0.29) is 0 Å². The first-order chi connectivity index (χ1) is 10.6. The Morgan fingerprint density at radius 3 is 2.00 bits per heavy atom. The zero-order valence-corrected chi connectivity index (χ0v) is 15.3. The predicted molar refractivity (Wildman–Crippen MR) is 95.1 cm³/mol. The van der Waals surface area contributed by atoms with Gasteiger partial charge in [-0.15, -0.1) is 0 Å². The summed E-state index contributed by atoms with van der Waals surface area (Å²) in [6.45, 7) is 11.6. The van der Waals surface area contributed by atoms with Gasteiger partial charge in [-0.05, 0) is 108 Å². The van der Waals surface area contributed by atoms with E-state index in [2.05, 4.69) is 30.7 Å². The lowest BCUT2D eigenvalue weighted by atomic mass is 9.65. The summed E-state index contributed by atoms with van der Waals surface area (Å²) in [5.74, 6) is 2.88. The van der Waals surface area contributed by atoms with Gasteiger partial charge < -0.3 is 9.80 Å². The average molecular weight is 307 g/mol. The molecule has 0 amide bonds. The van der Waals surface area contributed by atoms with E-state index in [1.54, 1.807) is 0 Å². The zero-order valence-electron chi connectivity index (χ0n) is 15.3. The highest BCUT2D eigenvalue weighted by Crippen LogP contribution is 2.46. The fourth-order valence-corrected chi connectivity index (χ4v) is 5.23. The van der Waals surface area contributed by atoms with E-state index in [1.165, 1.54) is 84.1 Å². The molecular formula is C20H38N2. The Morgan fingerprint density at radius 2 is 1.45 bits per heavy atom. The van der Waals surface area contributed by atoms with Crippen LogP contribution in [0, 0.1) is 23.2 Å². The maximum Gasteiger partial charge on any atom is 0.000967 e. The minimum Gasteiger partial charge on any atom is -0.306 e. The monoisotopic (exact) mass is 306 g/mol. The first-order valence-corrected chi connectivity index (χ1v) is 9.97. The van der Waals surface area contributed by atoms with Gasteiger partial charge in [0, 0.05) is 6.54 Å². The Kier molecular flexibility index (Phi) is 5.50. The molecule has 0 radical (unpaired) electrons. The summed E-state index contributed by atoms with van der Waals surface area (Å²) in [6, 6.07) is 0. The van der Waals surface area contributed by atoms with Crippen LogP contribution in [0.2, 0.25) is 0 Å². The summed E-state index contributed by atoms with van der Waals surface area (Å²) < 4.78 is 0. The molecule has 0 unspecified atom stereocenters. The summed E-state index contributed by atoms with van der Waals surface area (Å²) >= 11 is 0. The van der Waals surface area contributed by atoms with Crippen LogP contribution in [-0.4, -0.2) is 49.6 Å². The average Bonchev–Trinajstić information content (AvgIpc) is 2.53. The fraction of sp³-hybridized carbons (Fsp3) is 1.00. The summed E-state index contributed by atoms with van der Waals surface area (Å²) in [4.78, 5) is 5.31. The van der Waals surface area contributed by atoms with Crippen molar-refractivity contribution in [2.75, 3.05) is 39.8 Å². The number of nitrogens with zero attached hydrogens (tertiary/aromatic N) is 2. The Labute approximate surface area is 138 Å². The van der Waals surface area contributed by atoms with Crippen molar-refractivity contribution in [3.63, 3.8) is 0 Å². The van der Waals surface area contributed by atoms with Gasteiger partial charge in [-0.1, -0.05) is 13.8 Å². The zero-order chi connectivity index (χ0) is 15.6. The molecule has 1 saturated carbocycles. The molecule has 2 heteroatoms.